The SMILES string of the molecule is N#Cc1ccc(Br)cc1N1CCCCC1CCC(=O)O. The smallest absolute Gasteiger partial charge is 0.303 e. The van der Waals surface area contributed by atoms with Crippen molar-refractivity contribution in [3.8, 4) is 6.07 Å². The lowest BCUT2D eigenvalue weighted by atomic mass is 9.96. The molecule has 1 saturated heterocycles. The van der Waals surface area contributed by atoms with Crippen molar-refractivity contribution < 1.29 is 9.90 Å². The quantitative estimate of drug-likeness (QED) is 0.913. The Morgan fingerprint density at radius 2 is 2.30 bits per heavy atom. The van der Waals surface area contributed by atoms with E-state index in [4.69, 9.17) is 5.11 Å². The lowest BCUT2D eigenvalue weighted by Crippen LogP contribution is -2.40. The third-order valence-corrected chi connectivity index (χ3v) is 4.20. The van der Waals surface area contributed by atoms with E-state index in [0.29, 0.717) is 12.0 Å². The van der Waals surface area contributed by atoms with Crippen LogP contribution in [0.2, 0.25) is 0 Å². The van der Waals surface area contributed by atoms with E-state index < -0.39 is 5.97 Å². The molecule has 106 valence electrons. The third-order valence-electron chi connectivity index (χ3n) is 3.71. The van der Waals surface area contributed by atoms with Gasteiger partial charge < -0.3 is 10.0 Å². The van der Waals surface area contributed by atoms with Crippen LogP contribution in [0.4, 0.5) is 5.69 Å². The Balaban J connectivity index is 2.25. The predicted octanol–water partition coefficient (Wildman–Crippen LogP) is 3.54. The van der Waals surface area contributed by atoms with Gasteiger partial charge in [0.2, 0.25) is 0 Å². The van der Waals surface area contributed by atoms with Crippen LogP contribution in [0.15, 0.2) is 22.7 Å². The van der Waals surface area contributed by atoms with Gasteiger partial charge in [0, 0.05) is 23.5 Å². The summed E-state index contributed by atoms with van der Waals surface area (Å²) >= 11 is 3.44. The van der Waals surface area contributed by atoms with Gasteiger partial charge in [0.15, 0.2) is 0 Å². The van der Waals surface area contributed by atoms with E-state index in [9.17, 15) is 10.1 Å². The molecule has 0 amide bonds. The first kappa shape index (κ1) is 14.9. The molecule has 1 aromatic carbocycles. The largest absolute Gasteiger partial charge is 0.481 e. The summed E-state index contributed by atoms with van der Waals surface area (Å²) in [4.78, 5) is 13.0. The maximum Gasteiger partial charge on any atom is 0.303 e. The zero-order chi connectivity index (χ0) is 14.5. The van der Waals surface area contributed by atoms with E-state index in [-0.39, 0.29) is 12.5 Å². The number of carboxylic acids is 1. The molecule has 1 unspecified atom stereocenters. The van der Waals surface area contributed by atoms with Gasteiger partial charge in [-0.25, -0.2) is 0 Å². The molecular formula is C15H17BrN2O2. The minimum Gasteiger partial charge on any atom is -0.481 e. The molecule has 5 heteroatoms. The second-order valence-electron chi connectivity index (χ2n) is 5.05. The molecule has 1 aromatic rings. The van der Waals surface area contributed by atoms with Crippen molar-refractivity contribution in [2.75, 3.05) is 11.4 Å². The topological polar surface area (TPSA) is 64.3 Å². The van der Waals surface area contributed by atoms with Crippen molar-refractivity contribution in [3.05, 3.63) is 28.2 Å². The zero-order valence-electron chi connectivity index (χ0n) is 11.2. The highest BCUT2D eigenvalue weighted by Crippen LogP contribution is 2.31. The van der Waals surface area contributed by atoms with Crippen LogP contribution in [0, 0.1) is 11.3 Å². The number of halogens is 1. The van der Waals surface area contributed by atoms with Crippen molar-refractivity contribution >= 4 is 27.6 Å². The van der Waals surface area contributed by atoms with Crippen LogP contribution < -0.4 is 4.90 Å². The highest BCUT2D eigenvalue weighted by Gasteiger charge is 2.25. The lowest BCUT2D eigenvalue weighted by molar-refractivity contribution is -0.137. The van der Waals surface area contributed by atoms with Gasteiger partial charge >= 0.3 is 5.97 Å². The zero-order valence-corrected chi connectivity index (χ0v) is 12.8. The number of anilines is 1. The molecule has 2 rings (SSSR count). The second kappa shape index (κ2) is 6.76. The molecule has 0 spiro atoms. The number of benzene rings is 1. The van der Waals surface area contributed by atoms with Crippen molar-refractivity contribution in [2.45, 2.75) is 38.1 Å². The summed E-state index contributed by atoms with van der Waals surface area (Å²) in [5.41, 5.74) is 1.56. The van der Waals surface area contributed by atoms with Gasteiger partial charge in [-0.05, 0) is 43.9 Å². The van der Waals surface area contributed by atoms with Gasteiger partial charge in [0.05, 0.1) is 11.3 Å². The minimum absolute atomic E-state index is 0.178. The standard InChI is InChI=1S/C15H17BrN2O2/c16-12-5-4-11(10-17)14(9-12)18-8-2-1-3-13(18)6-7-15(19)20/h4-5,9,13H,1-3,6-8H2,(H,19,20). The molecule has 1 atom stereocenters. The molecule has 1 heterocycles. The first-order valence-electron chi connectivity index (χ1n) is 6.80. The average molecular weight is 337 g/mol. The number of nitrogens with zero attached hydrogens (tertiary/aromatic N) is 2. The lowest BCUT2D eigenvalue weighted by Gasteiger charge is -2.38. The van der Waals surface area contributed by atoms with E-state index in [2.05, 4.69) is 26.9 Å². The number of carbonyl (C=O) groups is 1. The van der Waals surface area contributed by atoms with Crippen molar-refractivity contribution in [3.63, 3.8) is 0 Å². The molecule has 1 fully saturated rings. The highest BCUT2D eigenvalue weighted by molar-refractivity contribution is 9.10. The van der Waals surface area contributed by atoms with E-state index in [0.717, 1.165) is 36.0 Å². The van der Waals surface area contributed by atoms with Gasteiger partial charge in [0.25, 0.3) is 0 Å². The maximum atomic E-state index is 10.8. The van der Waals surface area contributed by atoms with E-state index in [1.54, 1.807) is 0 Å². The Morgan fingerprint density at radius 3 is 3.00 bits per heavy atom. The van der Waals surface area contributed by atoms with Gasteiger partial charge in [-0.2, -0.15) is 5.26 Å². The number of aliphatic carboxylic acids is 1. The number of hydrogen-bond acceptors (Lipinski definition) is 3. The maximum absolute atomic E-state index is 10.8. The fraction of sp³-hybridized carbons (Fsp3) is 0.467. The fourth-order valence-electron chi connectivity index (χ4n) is 2.74. The second-order valence-corrected chi connectivity index (χ2v) is 5.96. The fourth-order valence-corrected chi connectivity index (χ4v) is 3.09. The summed E-state index contributed by atoms with van der Waals surface area (Å²) in [6.45, 7) is 0.884. The molecule has 1 aliphatic rings. The molecule has 0 radical (unpaired) electrons. The van der Waals surface area contributed by atoms with Crippen LogP contribution in [0.3, 0.4) is 0 Å². The summed E-state index contributed by atoms with van der Waals surface area (Å²) < 4.78 is 0.939. The van der Waals surface area contributed by atoms with Gasteiger partial charge in [-0.3, -0.25) is 4.79 Å². The molecular weight excluding hydrogens is 320 g/mol. The van der Waals surface area contributed by atoms with Crippen LogP contribution in [0.1, 0.15) is 37.7 Å². The normalized spacial score (nSPS) is 18.6. The number of piperidine rings is 1. The van der Waals surface area contributed by atoms with E-state index in [1.165, 1.54) is 0 Å². The molecule has 1 aliphatic heterocycles. The third kappa shape index (κ3) is 3.51. The predicted molar refractivity (Wildman–Crippen MR) is 80.7 cm³/mol. The Hall–Kier alpha value is -1.54. The molecule has 20 heavy (non-hydrogen) atoms. The number of carboxylic acid groups (broad SMARTS) is 1. The van der Waals surface area contributed by atoms with Crippen LogP contribution in [0.25, 0.3) is 0 Å². The summed E-state index contributed by atoms with van der Waals surface area (Å²) in [5.74, 6) is -0.759. The number of rotatable bonds is 4. The van der Waals surface area contributed by atoms with Gasteiger partial charge in [-0.1, -0.05) is 15.9 Å². The van der Waals surface area contributed by atoms with Crippen LogP contribution in [-0.4, -0.2) is 23.7 Å². The number of nitriles is 1. The Bertz CT molecular complexity index is 539. The summed E-state index contributed by atoms with van der Waals surface area (Å²) in [6, 6.07) is 8.06. The molecule has 0 saturated carbocycles. The summed E-state index contributed by atoms with van der Waals surface area (Å²) in [7, 11) is 0. The van der Waals surface area contributed by atoms with E-state index in [1.807, 2.05) is 18.2 Å². The molecule has 4 nitrogen and oxygen atoms in total. The minimum atomic E-state index is -0.759. The highest BCUT2D eigenvalue weighted by atomic mass is 79.9. The van der Waals surface area contributed by atoms with Crippen molar-refractivity contribution in [1.29, 1.82) is 5.26 Å². The van der Waals surface area contributed by atoms with Gasteiger partial charge in [0.1, 0.15) is 6.07 Å². The molecule has 0 bridgehead atoms. The van der Waals surface area contributed by atoms with Crippen molar-refractivity contribution in [2.24, 2.45) is 0 Å². The summed E-state index contributed by atoms with van der Waals surface area (Å²) in [6.07, 6.45) is 4.01. The number of hydrogen-bond donors (Lipinski definition) is 1. The van der Waals surface area contributed by atoms with Crippen LogP contribution in [0.5, 0.6) is 0 Å². The first-order valence-corrected chi connectivity index (χ1v) is 7.59. The van der Waals surface area contributed by atoms with E-state index >= 15 is 0 Å². The monoisotopic (exact) mass is 336 g/mol. The van der Waals surface area contributed by atoms with Crippen molar-refractivity contribution in [1.82, 2.24) is 0 Å². The van der Waals surface area contributed by atoms with Gasteiger partial charge in [-0.15, -0.1) is 0 Å². The Morgan fingerprint density at radius 1 is 1.50 bits per heavy atom. The molecule has 1 N–H and O–H groups in total. The van der Waals surface area contributed by atoms with Crippen LogP contribution >= 0.6 is 15.9 Å². The molecule has 0 aliphatic carbocycles. The van der Waals surface area contributed by atoms with Crippen LogP contribution in [-0.2, 0) is 4.79 Å². The molecule has 0 aromatic heterocycles. The Labute approximate surface area is 127 Å². The summed E-state index contributed by atoms with van der Waals surface area (Å²) in [5, 5.41) is 18.1. The average Bonchev–Trinajstić information content (AvgIpc) is 2.45. The first-order chi connectivity index (χ1) is 9.61. The Kier molecular flexibility index (Phi) is 5.02.